The summed E-state index contributed by atoms with van der Waals surface area (Å²) in [4.78, 5) is 11.7. The van der Waals surface area contributed by atoms with Gasteiger partial charge in [0.15, 0.2) is 0 Å². The monoisotopic (exact) mass is 220 g/mol. The van der Waals surface area contributed by atoms with E-state index in [9.17, 15) is 4.79 Å². The molecule has 1 aromatic carbocycles. The smallest absolute Gasteiger partial charge is 0.415 e. The first-order valence-corrected chi connectivity index (χ1v) is 5.21. The second-order valence-corrected chi connectivity index (χ2v) is 4.20. The number of nitrogens with zero attached hydrogens (tertiary/aromatic N) is 1. The minimum absolute atomic E-state index is 0.163. The first-order chi connectivity index (χ1) is 7.56. The van der Waals surface area contributed by atoms with Gasteiger partial charge in [0.25, 0.3) is 0 Å². The third-order valence-electron chi connectivity index (χ3n) is 2.28. The fourth-order valence-corrected chi connectivity index (χ4v) is 1.29. The van der Waals surface area contributed by atoms with Crippen LogP contribution >= 0.6 is 0 Å². The SMILES string of the molecule is C=CC[N+](C)(C)C(=O)OCc1ccccc1. The van der Waals surface area contributed by atoms with Gasteiger partial charge in [0.2, 0.25) is 0 Å². The van der Waals surface area contributed by atoms with Crippen molar-refractivity contribution in [3.8, 4) is 0 Å². The Kier molecular flexibility index (Phi) is 4.26. The summed E-state index contributed by atoms with van der Waals surface area (Å²) in [7, 11) is 3.60. The fourth-order valence-electron chi connectivity index (χ4n) is 1.29. The van der Waals surface area contributed by atoms with Crippen LogP contribution in [0.1, 0.15) is 5.56 Å². The standard InChI is InChI=1S/C13H18NO2/c1-4-10-14(2,3)13(15)16-11-12-8-6-5-7-9-12/h4-9H,1,10-11H2,2-3H3/q+1. The molecule has 16 heavy (non-hydrogen) atoms. The minimum atomic E-state index is -0.247. The van der Waals surface area contributed by atoms with E-state index < -0.39 is 0 Å². The Bertz CT molecular complexity index is 357. The molecular formula is C13H18NO2+. The van der Waals surface area contributed by atoms with Gasteiger partial charge in [-0.2, -0.15) is 4.79 Å². The maximum atomic E-state index is 11.7. The van der Waals surface area contributed by atoms with Gasteiger partial charge < -0.3 is 4.74 Å². The summed E-state index contributed by atoms with van der Waals surface area (Å²) >= 11 is 0. The minimum Gasteiger partial charge on any atom is -0.415 e. The predicted octanol–water partition coefficient (Wildman–Crippen LogP) is 2.59. The lowest BCUT2D eigenvalue weighted by atomic mass is 10.2. The number of amides is 1. The lowest BCUT2D eigenvalue weighted by Gasteiger charge is -2.23. The molecule has 3 nitrogen and oxygen atoms in total. The van der Waals surface area contributed by atoms with Gasteiger partial charge in [0.1, 0.15) is 13.2 Å². The van der Waals surface area contributed by atoms with Crippen molar-refractivity contribution in [2.75, 3.05) is 20.6 Å². The van der Waals surface area contributed by atoms with Crippen LogP contribution in [0.15, 0.2) is 43.0 Å². The zero-order valence-electron chi connectivity index (χ0n) is 9.85. The number of benzene rings is 1. The van der Waals surface area contributed by atoms with Crippen LogP contribution in [0, 0.1) is 0 Å². The Hall–Kier alpha value is -1.61. The van der Waals surface area contributed by atoms with E-state index in [1.165, 1.54) is 0 Å². The second-order valence-electron chi connectivity index (χ2n) is 4.20. The van der Waals surface area contributed by atoms with Crippen molar-refractivity contribution in [1.82, 2.24) is 0 Å². The molecule has 0 aliphatic rings. The zero-order valence-corrected chi connectivity index (χ0v) is 9.85. The molecule has 0 fully saturated rings. The highest BCUT2D eigenvalue weighted by Gasteiger charge is 2.26. The number of quaternary nitrogens is 1. The van der Waals surface area contributed by atoms with Gasteiger partial charge in [-0.15, -0.1) is 0 Å². The summed E-state index contributed by atoms with van der Waals surface area (Å²) in [6.07, 6.45) is 1.47. The number of hydrogen-bond acceptors (Lipinski definition) is 2. The van der Waals surface area contributed by atoms with Crippen LogP contribution < -0.4 is 0 Å². The molecule has 0 spiro atoms. The second kappa shape index (κ2) is 5.47. The summed E-state index contributed by atoms with van der Waals surface area (Å²) in [6, 6.07) is 9.64. The first-order valence-electron chi connectivity index (χ1n) is 5.21. The molecule has 0 aliphatic heterocycles. The van der Waals surface area contributed by atoms with Crippen LogP contribution in [0.3, 0.4) is 0 Å². The molecule has 0 heterocycles. The van der Waals surface area contributed by atoms with Crippen molar-refractivity contribution >= 4 is 6.09 Å². The summed E-state index contributed by atoms with van der Waals surface area (Å²) < 4.78 is 5.39. The summed E-state index contributed by atoms with van der Waals surface area (Å²) in [5.74, 6) is 0. The molecule has 3 heteroatoms. The van der Waals surface area contributed by atoms with Crippen molar-refractivity contribution in [1.29, 1.82) is 0 Å². The van der Waals surface area contributed by atoms with Crippen molar-refractivity contribution in [2.24, 2.45) is 0 Å². The van der Waals surface area contributed by atoms with Gasteiger partial charge in [0.05, 0.1) is 14.1 Å². The quantitative estimate of drug-likeness (QED) is 0.576. The average Bonchev–Trinajstić information content (AvgIpc) is 2.27. The Morgan fingerprint density at radius 1 is 1.38 bits per heavy atom. The number of rotatable bonds is 4. The van der Waals surface area contributed by atoms with E-state index in [0.717, 1.165) is 5.56 Å². The molecule has 0 radical (unpaired) electrons. The van der Waals surface area contributed by atoms with E-state index in [1.54, 1.807) is 20.2 Å². The van der Waals surface area contributed by atoms with Crippen molar-refractivity contribution in [2.45, 2.75) is 6.61 Å². The summed E-state index contributed by atoms with van der Waals surface area (Å²) in [5, 5.41) is 0. The van der Waals surface area contributed by atoms with E-state index >= 15 is 0 Å². The number of carbonyl (C=O) groups excluding carboxylic acids is 1. The largest absolute Gasteiger partial charge is 0.516 e. The van der Waals surface area contributed by atoms with Crippen molar-refractivity contribution in [3.63, 3.8) is 0 Å². The lowest BCUT2D eigenvalue weighted by molar-refractivity contribution is -0.810. The van der Waals surface area contributed by atoms with Gasteiger partial charge in [-0.1, -0.05) is 36.9 Å². The Balaban J connectivity index is 2.50. The molecule has 0 bridgehead atoms. The molecule has 86 valence electrons. The summed E-state index contributed by atoms with van der Waals surface area (Å²) in [6.45, 7) is 4.50. The number of hydrogen-bond donors (Lipinski definition) is 0. The third-order valence-corrected chi connectivity index (χ3v) is 2.28. The van der Waals surface area contributed by atoms with E-state index in [0.29, 0.717) is 13.2 Å². The third kappa shape index (κ3) is 3.51. The summed E-state index contributed by atoms with van der Waals surface area (Å²) in [5.41, 5.74) is 0.995. The first kappa shape index (κ1) is 12.5. The Labute approximate surface area is 96.5 Å². The van der Waals surface area contributed by atoms with Gasteiger partial charge in [0, 0.05) is 0 Å². The molecule has 0 saturated heterocycles. The molecule has 0 aliphatic carbocycles. The fraction of sp³-hybridized carbons (Fsp3) is 0.308. The molecule has 0 N–H and O–H groups in total. The zero-order chi connectivity index (χ0) is 12.0. The van der Waals surface area contributed by atoms with Crippen LogP contribution in [-0.2, 0) is 11.3 Å². The highest BCUT2D eigenvalue weighted by atomic mass is 16.6. The van der Waals surface area contributed by atoms with Gasteiger partial charge in [-0.05, 0) is 11.6 Å². The number of carbonyl (C=O) groups is 1. The highest BCUT2D eigenvalue weighted by Crippen LogP contribution is 2.06. The normalized spacial score (nSPS) is 10.9. The van der Waals surface area contributed by atoms with E-state index in [4.69, 9.17) is 4.74 Å². The lowest BCUT2D eigenvalue weighted by Crippen LogP contribution is -2.45. The molecule has 0 unspecified atom stereocenters. The Morgan fingerprint density at radius 3 is 2.56 bits per heavy atom. The molecule has 1 amide bonds. The number of ether oxygens (including phenoxy) is 1. The van der Waals surface area contributed by atoms with Crippen molar-refractivity contribution in [3.05, 3.63) is 48.6 Å². The van der Waals surface area contributed by atoms with E-state index in [-0.39, 0.29) is 10.6 Å². The van der Waals surface area contributed by atoms with Crippen LogP contribution in [-0.4, -0.2) is 31.2 Å². The van der Waals surface area contributed by atoms with Crippen LogP contribution in [0.5, 0.6) is 0 Å². The predicted molar refractivity (Wildman–Crippen MR) is 63.8 cm³/mol. The Morgan fingerprint density at radius 2 is 2.00 bits per heavy atom. The van der Waals surface area contributed by atoms with Gasteiger partial charge in [-0.25, -0.2) is 4.48 Å². The average molecular weight is 220 g/mol. The van der Waals surface area contributed by atoms with Gasteiger partial charge in [-0.3, -0.25) is 0 Å². The molecule has 1 aromatic rings. The van der Waals surface area contributed by atoms with E-state index in [1.807, 2.05) is 30.3 Å². The molecule has 0 aromatic heterocycles. The maximum Gasteiger partial charge on any atom is 0.516 e. The highest BCUT2D eigenvalue weighted by molar-refractivity contribution is 5.59. The molecular weight excluding hydrogens is 202 g/mol. The van der Waals surface area contributed by atoms with Crippen LogP contribution in [0.4, 0.5) is 4.79 Å². The topological polar surface area (TPSA) is 26.3 Å². The van der Waals surface area contributed by atoms with Gasteiger partial charge >= 0.3 is 6.09 Å². The molecule has 0 saturated carbocycles. The van der Waals surface area contributed by atoms with Crippen LogP contribution in [0.25, 0.3) is 0 Å². The number of likely N-dealkylation sites (N-methyl/N-ethyl adjacent to an activating group) is 1. The van der Waals surface area contributed by atoms with E-state index in [2.05, 4.69) is 6.58 Å². The molecule has 1 rings (SSSR count). The van der Waals surface area contributed by atoms with Crippen LogP contribution in [0.2, 0.25) is 0 Å². The molecule has 0 atom stereocenters. The van der Waals surface area contributed by atoms with Crippen molar-refractivity contribution < 1.29 is 14.0 Å². The maximum absolute atomic E-state index is 11.7.